The first kappa shape index (κ1) is 16.1. The Hall–Kier alpha value is -1.29. The zero-order valence-electron chi connectivity index (χ0n) is 12.1. The first-order chi connectivity index (χ1) is 9.90. The molecule has 0 aliphatic rings. The molecule has 3 aromatic rings. The van der Waals surface area contributed by atoms with Gasteiger partial charge >= 0.3 is 0 Å². The number of hydrogen-bond donors (Lipinski definition) is 2. The van der Waals surface area contributed by atoms with Crippen LogP contribution in [0.2, 0.25) is 0 Å². The van der Waals surface area contributed by atoms with Gasteiger partial charge in [0.15, 0.2) is 0 Å². The lowest BCUT2D eigenvalue weighted by molar-refractivity contribution is 0.636. The molecule has 0 amide bonds. The molecule has 0 aliphatic heterocycles. The van der Waals surface area contributed by atoms with Crippen LogP contribution in [-0.2, 0) is 0 Å². The van der Waals surface area contributed by atoms with Crippen molar-refractivity contribution < 1.29 is 0 Å². The van der Waals surface area contributed by atoms with Gasteiger partial charge in [-0.3, -0.25) is 0 Å². The van der Waals surface area contributed by atoms with Crippen molar-refractivity contribution in [3.05, 3.63) is 58.4 Å². The zero-order valence-corrected chi connectivity index (χ0v) is 13.8. The van der Waals surface area contributed by atoms with Crippen molar-refractivity contribution in [3.8, 4) is 0 Å². The van der Waals surface area contributed by atoms with Crippen LogP contribution in [0, 0.1) is 0 Å². The van der Waals surface area contributed by atoms with Crippen LogP contribution in [0.3, 0.4) is 0 Å². The number of H-pyrrole nitrogens is 1. The third-order valence-electron chi connectivity index (χ3n) is 3.81. The average Bonchev–Trinajstić information content (AvgIpc) is 3.14. The fourth-order valence-corrected chi connectivity index (χ4v) is 3.72. The lowest BCUT2D eigenvalue weighted by atomic mass is 9.90. The van der Waals surface area contributed by atoms with Gasteiger partial charge in [-0.2, -0.15) is 0 Å². The molecule has 0 spiro atoms. The van der Waals surface area contributed by atoms with Crippen molar-refractivity contribution in [2.24, 2.45) is 0 Å². The minimum atomic E-state index is 0. The van der Waals surface area contributed by atoms with Gasteiger partial charge in [-0.25, -0.2) is 0 Å². The van der Waals surface area contributed by atoms with Crippen LogP contribution in [0.25, 0.3) is 10.9 Å². The van der Waals surface area contributed by atoms with E-state index in [1.165, 1.54) is 34.2 Å². The SMILES string of the molecule is CNCCC[C@@H](c1cccs1)c1cccc2[nH]ccc12.Cl. The number of hydrogen-bond acceptors (Lipinski definition) is 2. The molecule has 0 bridgehead atoms. The molecular weight excluding hydrogens is 300 g/mol. The summed E-state index contributed by atoms with van der Waals surface area (Å²) in [7, 11) is 2.02. The molecule has 1 aromatic carbocycles. The normalized spacial score (nSPS) is 12.2. The number of thiophene rings is 1. The summed E-state index contributed by atoms with van der Waals surface area (Å²) in [6, 6.07) is 13.2. The van der Waals surface area contributed by atoms with Crippen LogP contribution in [-0.4, -0.2) is 18.6 Å². The second-order valence-electron chi connectivity index (χ2n) is 5.10. The lowest BCUT2D eigenvalue weighted by Gasteiger charge is -2.17. The number of aromatic nitrogens is 1. The van der Waals surface area contributed by atoms with Crippen molar-refractivity contribution in [1.82, 2.24) is 10.3 Å². The van der Waals surface area contributed by atoms with E-state index in [4.69, 9.17) is 0 Å². The molecule has 0 saturated carbocycles. The predicted molar refractivity (Wildman–Crippen MR) is 94.9 cm³/mol. The highest BCUT2D eigenvalue weighted by atomic mass is 35.5. The van der Waals surface area contributed by atoms with Crippen LogP contribution < -0.4 is 5.32 Å². The number of aromatic amines is 1. The van der Waals surface area contributed by atoms with Crippen molar-refractivity contribution >= 4 is 34.6 Å². The summed E-state index contributed by atoms with van der Waals surface area (Å²) in [5.41, 5.74) is 2.68. The molecule has 0 saturated heterocycles. The summed E-state index contributed by atoms with van der Waals surface area (Å²) in [4.78, 5) is 4.79. The van der Waals surface area contributed by atoms with Crippen LogP contribution >= 0.6 is 23.7 Å². The predicted octanol–water partition coefficient (Wildman–Crippen LogP) is 4.78. The Balaban J connectivity index is 0.00000161. The molecule has 2 N–H and O–H groups in total. The quantitative estimate of drug-likeness (QED) is 0.628. The first-order valence-electron chi connectivity index (χ1n) is 7.14. The topological polar surface area (TPSA) is 27.8 Å². The van der Waals surface area contributed by atoms with Crippen LogP contribution in [0.15, 0.2) is 48.0 Å². The third kappa shape index (κ3) is 3.49. The molecule has 2 heterocycles. The van der Waals surface area contributed by atoms with E-state index >= 15 is 0 Å². The fraction of sp³-hybridized carbons (Fsp3) is 0.294. The Kier molecular flexibility index (Phi) is 5.85. The number of halogens is 1. The molecule has 1 atom stereocenters. The van der Waals surface area contributed by atoms with Gasteiger partial charge in [0, 0.05) is 27.9 Å². The summed E-state index contributed by atoms with van der Waals surface area (Å²) in [5.74, 6) is 0.503. The third-order valence-corrected chi connectivity index (χ3v) is 4.80. The van der Waals surface area contributed by atoms with E-state index in [9.17, 15) is 0 Å². The van der Waals surface area contributed by atoms with Crippen LogP contribution in [0.5, 0.6) is 0 Å². The molecule has 0 unspecified atom stereocenters. The molecule has 0 aliphatic carbocycles. The molecule has 0 fully saturated rings. The van der Waals surface area contributed by atoms with Crippen molar-refractivity contribution in [2.75, 3.05) is 13.6 Å². The maximum absolute atomic E-state index is 3.32. The summed E-state index contributed by atoms with van der Waals surface area (Å²) < 4.78 is 0. The van der Waals surface area contributed by atoms with Gasteiger partial charge in [-0.15, -0.1) is 23.7 Å². The maximum atomic E-state index is 3.32. The summed E-state index contributed by atoms with van der Waals surface area (Å²) >= 11 is 1.86. The Labute approximate surface area is 136 Å². The molecule has 2 aromatic heterocycles. The second-order valence-corrected chi connectivity index (χ2v) is 6.08. The van der Waals surface area contributed by atoms with E-state index in [2.05, 4.69) is 52.1 Å². The smallest absolute Gasteiger partial charge is 0.0456 e. The molecule has 2 nitrogen and oxygen atoms in total. The van der Waals surface area contributed by atoms with Gasteiger partial charge in [0.1, 0.15) is 0 Å². The van der Waals surface area contributed by atoms with Gasteiger partial charge in [-0.05, 0) is 55.6 Å². The highest BCUT2D eigenvalue weighted by Crippen LogP contribution is 2.35. The van der Waals surface area contributed by atoms with E-state index in [0.29, 0.717) is 5.92 Å². The molecule has 112 valence electrons. The molecular formula is C17H21ClN2S. The maximum Gasteiger partial charge on any atom is 0.0456 e. The average molecular weight is 321 g/mol. The monoisotopic (exact) mass is 320 g/mol. The number of nitrogens with one attached hydrogen (secondary N) is 2. The summed E-state index contributed by atoms with van der Waals surface area (Å²) in [5, 5.41) is 6.78. The zero-order chi connectivity index (χ0) is 13.8. The molecule has 4 heteroatoms. The Bertz CT molecular complexity index is 660. The van der Waals surface area contributed by atoms with Crippen molar-refractivity contribution in [1.29, 1.82) is 0 Å². The fourth-order valence-electron chi connectivity index (χ4n) is 2.84. The number of fused-ring (bicyclic) bond motifs is 1. The standard InChI is InChI=1S/C17H20N2S.ClH/c1-18-10-3-6-15(17-8-4-12-20-17)13-5-2-7-16-14(13)9-11-19-16;/h2,4-5,7-9,11-12,15,18-19H,3,6,10H2,1H3;1H/t15-;/m1./s1. The van der Waals surface area contributed by atoms with Gasteiger partial charge in [0.05, 0.1) is 0 Å². The van der Waals surface area contributed by atoms with E-state index in [-0.39, 0.29) is 12.4 Å². The van der Waals surface area contributed by atoms with Gasteiger partial charge in [0.25, 0.3) is 0 Å². The Morgan fingerprint density at radius 2 is 2.10 bits per heavy atom. The highest BCUT2D eigenvalue weighted by molar-refractivity contribution is 7.10. The van der Waals surface area contributed by atoms with Crippen molar-refractivity contribution in [3.63, 3.8) is 0 Å². The number of benzene rings is 1. The molecule has 21 heavy (non-hydrogen) atoms. The van der Waals surface area contributed by atoms with E-state index in [1.54, 1.807) is 0 Å². The van der Waals surface area contributed by atoms with Crippen LogP contribution in [0.4, 0.5) is 0 Å². The minimum Gasteiger partial charge on any atom is -0.361 e. The number of rotatable bonds is 6. The van der Waals surface area contributed by atoms with Crippen molar-refractivity contribution in [2.45, 2.75) is 18.8 Å². The largest absolute Gasteiger partial charge is 0.361 e. The van der Waals surface area contributed by atoms with E-state index in [0.717, 1.165) is 6.54 Å². The van der Waals surface area contributed by atoms with Gasteiger partial charge in [0.2, 0.25) is 0 Å². The summed E-state index contributed by atoms with van der Waals surface area (Å²) in [6.45, 7) is 1.07. The second kappa shape index (κ2) is 7.64. The first-order valence-corrected chi connectivity index (χ1v) is 8.02. The minimum absolute atomic E-state index is 0. The van der Waals surface area contributed by atoms with Crippen LogP contribution in [0.1, 0.15) is 29.2 Å². The molecule has 0 radical (unpaired) electrons. The highest BCUT2D eigenvalue weighted by Gasteiger charge is 2.17. The van der Waals surface area contributed by atoms with Gasteiger partial charge in [-0.1, -0.05) is 18.2 Å². The van der Waals surface area contributed by atoms with E-state index < -0.39 is 0 Å². The van der Waals surface area contributed by atoms with Gasteiger partial charge < -0.3 is 10.3 Å². The Morgan fingerprint density at radius 3 is 2.86 bits per heavy atom. The van der Waals surface area contributed by atoms with E-state index in [1.807, 2.05) is 24.6 Å². The lowest BCUT2D eigenvalue weighted by Crippen LogP contribution is -2.10. The molecule has 3 rings (SSSR count). The Morgan fingerprint density at radius 1 is 1.19 bits per heavy atom. The summed E-state index contributed by atoms with van der Waals surface area (Å²) in [6.07, 6.45) is 4.42.